The highest BCUT2D eigenvalue weighted by Gasteiger charge is 2.10. The molecule has 1 unspecified atom stereocenters. The molecule has 19 heavy (non-hydrogen) atoms. The molecule has 98 valence electrons. The van der Waals surface area contributed by atoms with Crippen molar-refractivity contribution in [1.82, 2.24) is 4.98 Å². The van der Waals surface area contributed by atoms with Crippen molar-refractivity contribution >= 4 is 39.0 Å². The molecule has 0 fully saturated rings. The minimum absolute atomic E-state index is 0.214. The number of benzene rings is 1. The van der Waals surface area contributed by atoms with Gasteiger partial charge in [0.05, 0.1) is 19.6 Å². The van der Waals surface area contributed by atoms with Crippen LogP contribution in [0.3, 0.4) is 0 Å². The lowest BCUT2D eigenvalue weighted by Gasteiger charge is -2.04. The van der Waals surface area contributed by atoms with Crippen LogP contribution in [0.15, 0.2) is 53.0 Å². The van der Waals surface area contributed by atoms with Crippen LogP contribution in [0.2, 0.25) is 10.0 Å². The monoisotopic (exact) mass is 312 g/mol. The maximum absolute atomic E-state index is 12.3. The summed E-state index contributed by atoms with van der Waals surface area (Å²) >= 11 is 11.9. The second kappa shape index (κ2) is 5.74. The molecule has 0 radical (unpaired) electrons. The van der Waals surface area contributed by atoms with Crippen molar-refractivity contribution in [3.63, 3.8) is 0 Å². The van der Waals surface area contributed by atoms with Gasteiger partial charge in [0.25, 0.3) is 0 Å². The van der Waals surface area contributed by atoms with Crippen LogP contribution < -0.4 is 0 Å². The minimum atomic E-state index is -3.12. The molecule has 1 aromatic heterocycles. The fourth-order valence-electron chi connectivity index (χ4n) is 1.46. The summed E-state index contributed by atoms with van der Waals surface area (Å²) in [7, 11) is -3.12. The number of halogens is 2. The van der Waals surface area contributed by atoms with E-state index in [0.717, 1.165) is 0 Å². The zero-order chi connectivity index (χ0) is 13.9. The number of nitrogens with one attached hydrogen (secondary N) is 1. The third kappa shape index (κ3) is 3.35. The Bertz CT molecular complexity index is 727. The molecule has 0 amide bonds. The average molecular weight is 313 g/mol. The lowest BCUT2D eigenvalue weighted by molar-refractivity contribution is 0.681. The number of nitrogens with zero attached hydrogens (tertiary/aromatic N) is 1. The Morgan fingerprint density at radius 2 is 1.89 bits per heavy atom. The highest BCUT2D eigenvalue weighted by molar-refractivity contribution is 7.95. The van der Waals surface area contributed by atoms with E-state index in [-0.39, 0.29) is 9.92 Å². The molecule has 1 aromatic carbocycles. The van der Waals surface area contributed by atoms with E-state index >= 15 is 0 Å². The summed E-state index contributed by atoms with van der Waals surface area (Å²) in [6.45, 7) is 0. The topological polar surface area (TPSA) is 53.8 Å². The van der Waals surface area contributed by atoms with Gasteiger partial charge in [0.15, 0.2) is 0 Å². The van der Waals surface area contributed by atoms with Gasteiger partial charge in [-0.1, -0.05) is 41.4 Å². The lowest BCUT2D eigenvalue weighted by atomic mass is 10.2. The molecule has 0 bridgehead atoms. The Hall–Kier alpha value is -1.36. The first-order chi connectivity index (χ1) is 9.00. The van der Waals surface area contributed by atoms with E-state index in [2.05, 4.69) is 4.98 Å². The van der Waals surface area contributed by atoms with Crippen LogP contribution in [0.5, 0.6) is 0 Å². The van der Waals surface area contributed by atoms with E-state index in [1.807, 2.05) is 6.07 Å². The Morgan fingerprint density at radius 1 is 1.16 bits per heavy atom. The predicted molar refractivity (Wildman–Crippen MR) is 78.9 cm³/mol. The molecular formula is C13H10Cl2N2OS. The number of aromatic nitrogens is 1. The van der Waals surface area contributed by atoms with Gasteiger partial charge in [0, 0.05) is 22.8 Å². The fraction of sp³-hybridized carbons (Fsp3) is 0. The standard InChI is InChI=1S/C13H10Cl2N2OS/c14-11-4-2-1-3-10(11)6-8-19(16,18)13-5-7-17-9-12(13)15/h1-9,16H/b8-6+. The third-order valence-corrected chi connectivity index (χ3v) is 4.69. The summed E-state index contributed by atoms with van der Waals surface area (Å²) < 4.78 is 20.2. The first-order valence-corrected chi connectivity index (χ1v) is 7.69. The SMILES string of the molecule is N=S(=O)(/C=C/c1ccccc1Cl)c1ccncc1Cl. The van der Waals surface area contributed by atoms with Crippen LogP contribution in [-0.4, -0.2) is 9.19 Å². The summed E-state index contributed by atoms with van der Waals surface area (Å²) in [6.07, 6.45) is 4.39. The van der Waals surface area contributed by atoms with Gasteiger partial charge in [0.1, 0.15) is 0 Å². The highest BCUT2D eigenvalue weighted by Crippen LogP contribution is 2.24. The number of pyridine rings is 1. The number of hydrogen-bond donors (Lipinski definition) is 1. The van der Waals surface area contributed by atoms with Crippen molar-refractivity contribution in [2.45, 2.75) is 4.90 Å². The van der Waals surface area contributed by atoms with Crippen LogP contribution in [0.25, 0.3) is 6.08 Å². The Kier molecular flexibility index (Phi) is 4.24. The molecule has 1 heterocycles. The molecule has 0 saturated carbocycles. The van der Waals surface area contributed by atoms with Crippen molar-refractivity contribution in [3.05, 3.63) is 63.7 Å². The van der Waals surface area contributed by atoms with Gasteiger partial charge in [-0.15, -0.1) is 0 Å². The van der Waals surface area contributed by atoms with E-state index in [1.165, 1.54) is 23.9 Å². The third-order valence-electron chi connectivity index (χ3n) is 2.41. The zero-order valence-corrected chi connectivity index (χ0v) is 12.0. The Morgan fingerprint density at radius 3 is 2.58 bits per heavy atom. The van der Waals surface area contributed by atoms with Gasteiger partial charge >= 0.3 is 0 Å². The largest absolute Gasteiger partial charge is 0.263 e. The van der Waals surface area contributed by atoms with Crippen molar-refractivity contribution in [2.24, 2.45) is 0 Å². The van der Waals surface area contributed by atoms with Gasteiger partial charge < -0.3 is 0 Å². The second-order valence-corrected chi connectivity index (χ2v) is 6.46. The molecule has 0 spiro atoms. The molecule has 6 heteroatoms. The van der Waals surface area contributed by atoms with Crippen LogP contribution >= 0.6 is 23.2 Å². The highest BCUT2D eigenvalue weighted by atomic mass is 35.5. The number of hydrogen-bond acceptors (Lipinski definition) is 3. The smallest absolute Gasteiger partial charge is 0.0959 e. The second-order valence-electron chi connectivity index (χ2n) is 3.73. The van der Waals surface area contributed by atoms with Crippen LogP contribution in [0.4, 0.5) is 0 Å². The maximum atomic E-state index is 12.3. The lowest BCUT2D eigenvalue weighted by Crippen LogP contribution is -1.95. The molecule has 2 rings (SSSR count). The summed E-state index contributed by atoms with van der Waals surface area (Å²) in [5.74, 6) is 0. The first-order valence-electron chi connectivity index (χ1n) is 5.32. The average Bonchev–Trinajstić information content (AvgIpc) is 2.38. The van der Waals surface area contributed by atoms with Crippen molar-refractivity contribution in [1.29, 1.82) is 4.78 Å². The van der Waals surface area contributed by atoms with E-state index < -0.39 is 9.73 Å². The van der Waals surface area contributed by atoms with Crippen molar-refractivity contribution in [3.8, 4) is 0 Å². The normalized spacial score (nSPS) is 14.4. The molecule has 0 aliphatic heterocycles. The van der Waals surface area contributed by atoms with Gasteiger partial charge in [-0.2, -0.15) is 0 Å². The van der Waals surface area contributed by atoms with E-state index in [4.69, 9.17) is 28.0 Å². The predicted octanol–water partition coefficient (Wildman–Crippen LogP) is 4.46. The first kappa shape index (κ1) is 14.1. The molecule has 0 aliphatic carbocycles. The molecule has 3 nitrogen and oxygen atoms in total. The van der Waals surface area contributed by atoms with Gasteiger partial charge in [-0.05, 0) is 23.8 Å². The van der Waals surface area contributed by atoms with Gasteiger partial charge in [-0.3, -0.25) is 4.98 Å². The summed E-state index contributed by atoms with van der Waals surface area (Å²) in [4.78, 5) is 4.05. The van der Waals surface area contributed by atoms with Crippen LogP contribution in [0.1, 0.15) is 5.56 Å². The van der Waals surface area contributed by atoms with E-state index in [0.29, 0.717) is 10.6 Å². The molecular weight excluding hydrogens is 303 g/mol. The van der Waals surface area contributed by atoms with Crippen LogP contribution in [0, 0.1) is 4.78 Å². The van der Waals surface area contributed by atoms with Crippen molar-refractivity contribution in [2.75, 3.05) is 0 Å². The fourth-order valence-corrected chi connectivity index (χ4v) is 3.21. The quantitative estimate of drug-likeness (QED) is 0.909. The molecule has 2 aromatic rings. The minimum Gasteiger partial charge on any atom is -0.263 e. The molecule has 0 aliphatic rings. The number of rotatable bonds is 3. The maximum Gasteiger partial charge on any atom is 0.0959 e. The molecule has 0 saturated heterocycles. The van der Waals surface area contributed by atoms with E-state index in [9.17, 15) is 4.21 Å². The van der Waals surface area contributed by atoms with Crippen LogP contribution in [-0.2, 0) is 9.73 Å². The summed E-state index contributed by atoms with van der Waals surface area (Å²) in [5.41, 5.74) is 0.703. The summed E-state index contributed by atoms with van der Waals surface area (Å²) in [6, 6.07) is 8.61. The van der Waals surface area contributed by atoms with Crippen molar-refractivity contribution < 1.29 is 4.21 Å². The van der Waals surface area contributed by atoms with E-state index in [1.54, 1.807) is 24.3 Å². The summed E-state index contributed by atoms with van der Waals surface area (Å²) in [5, 5.41) is 2.05. The Balaban J connectivity index is 2.38. The Labute approximate surface area is 121 Å². The zero-order valence-electron chi connectivity index (χ0n) is 9.72. The molecule has 1 atom stereocenters. The van der Waals surface area contributed by atoms with Gasteiger partial charge in [-0.25, -0.2) is 8.99 Å². The molecule has 1 N–H and O–H groups in total. The van der Waals surface area contributed by atoms with Gasteiger partial charge in [0.2, 0.25) is 0 Å².